The van der Waals surface area contributed by atoms with Crippen molar-refractivity contribution >= 4 is 27.3 Å². The van der Waals surface area contributed by atoms with E-state index in [1.165, 1.54) is 10.9 Å². The van der Waals surface area contributed by atoms with Gasteiger partial charge in [0.15, 0.2) is 0 Å². The van der Waals surface area contributed by atoms with Gasteiger partial charge in [-0.2, -0.15) is 0 Å². The molecule has 2 rings (SSSR count). The lowest BCUT2D eigenvalue weighted by Crippen LogP contribution is -2.29. The Labute approximate surface area is 119 Å². The van der Waals surface area contributed by atoms with Crippen molar-refractivity contribution in [1.82, 2.24) is 5.32 Å². The van der Waals surface area contributed by atoms with Gasteiger partial charge in [0.1, 0.15) is 5.82 Å². The predicted octanol–water partition coefficient (Wildman–Crippen LogP) is 4.02. The maximum Gasteiger partial charge on any atom is 0.137 e. The van der Waals surface area contributed by atoms with Crippen molar-refractivity contribution in [2.24, 2.45) is 0 Å². The molecule has 0 bridgehead atoms. The van der Waals surface area contributed by atoms with Crippen LogP contribution < -0.4 is 5.32 Å². The second-order valence-corrected chi connectivity index (χ2v) is 6.11. The second kappa shape index (κ2) is 6.45. The van der Waals surface area contributed by atoms with Crippen LogP contribution in [-0.4, -0.2) is 13.1 Å². The first-order valence-corrected chi connectivity index (χ1v) is 7.50. The van der Waals surface area contributed by atoms with E-state index in [-0.39, 0.29) is 5.82 Å². The van der Waals surface area contributed by atoms with Gasteiger partial charge >= 0.3 is 0 Å². The molecule has 1 aromatic heterocycles. The maximum absolute atomic E-state index is 13.2. The minimum absolute atomic E-state index is 0.210. The largest absolute Gasteiger partial charge is 0.316 e. The van der Waals surface area contributed by atoms with Gasteiger partial charge in [0, 0.05) is 10.9 Å². The van der Waals surface area contributed by atoms with Gasteiger partial charge in [-0.3, -0.25) is 0 Å². The minimum Gasteiger partial charge on any atom is -0.316 e. The molecule has 1 nitrogen and oxygen atoms in total. The van der Waals surface area contributed by atoms with Crippen molar-refractivity contribution in [1.29, 1.82) is 0 Å². The van der Waals surface area contributed by atoms with Crippen LogP contribution in [0.15, 0.2) is 40.2 Å². The molecule has 4 heteroatoms. The third kappa shape index (κ3) is 3.64. The molecule has 0 radical (unpaired) electrons. The lowest BCUT2D eigenvalue weighted by Gasteiger charge is -2.15. The van der Waals surface area contributed by atoms with Crippen LogP contribution in [0.4, 0.5) is 4.39 Å². The Bertz CT molecular complexity index is 499. The van der Waals surface area contributed by atoms with Crippen molar-refractivity contribution in [3.8, 4) is 0 Å². The third-order valence-electron chi connectivity index (χ3n) is 2.90. The molecular formula is C14H15BrFNS. The first kappa shape index (κ1) is 13.7. The molecule has 0 fully saturated rings. The number of benzene rings is 1. The van der Waals surface area contributed by atoms with E-state index in [1.807, 2.05) is 19.2 Å². The minimum atomic E-state index is -0.210. The molecular weight excluding hydrogens is 313 g/mol. The van der Waals surface area contributed by atoms with E-state index in [0.717, 1.165) is 18.4 Å². The summed E-state index contributed by atoms with van der Waals surface area (Å²) in [6.45, 7) is 0. The highest BCUT2D eigenvalue weighted by molar-refractivity contribution is 9.10. The molecule has 0 aliphatic carbocycles. The van der Waals surface area contributed by atoms with Gasteiger partial charge < -0.3 is 5.32 Å². The van der Waals surface area contributed by atoms with E-state index in [2.05, 4.69) is 38.8 Å². The molecule has 18 heavy (non-hydrogen) atoms. The summed E-state index contributed by atoms with van der Waals surface area (Å²) in [7, 11) is 1.97. The summed E-state index contributed by atoms with van der Waals surface area (Å²) < 4.78 is 13.7. The predicted molar refractivity (Wildman–Crippen MR) is 78.7 cm³/mol. The van der Waals surface area contributed by atoms with Gasteiger partial charge in [-0.15, -0.1) is 11.3 Å². The van der Waals surface area contributed by atoms with Gasteiger partial charge in [0.25, 0.3) is 0 Å². The molecule has 1 atom stereocenters. The summed E-state index contributed by atoms with van der Waals surface area (Å²) in [6, 6.07) is 9.81. The van der Waals surface area contributed by atoms with Gasteiger partial charge in [-0.1, -0.05) is 12.1 Å². The van der Waals surface area contributed by atoms with E-state index in [9.17, 15) is 4.39 Å². The molecule has 0 aliphatic rings. The molecule has 1 N–H and O–H groups in total. The standard InChI is InChI=1S/C14H15BrFNS/c1-17-11(9-12-3-2-6-18-12)7-10-4-5-14(16)13(15)8-10/h2-6,8,11,17H,7,9H2,1H3. The van der Waals surface area contributed by atoms with E-state index in [4.69, 9.17) is 0 Å². The molecule has 0 spiro atoms. The summed E-state index contributed by atoms with van der Waals surface area (Å²) in [5.41, 5.74) is 1.14. The van der Waals surface area contributed by atoms with Crippen molar-refractivity contribution in [2.45, 2.75) is 18.9 Å². The highest BCUT2D eigenvalue weighted by atomic mass is 79.9. The number of rotatable bonds is 5. The average Bonchev–Trinajstić information content (AvgIpc) is 2.86. The molecule has 0 aliphatic heterocycles. The zero-order valence-corrected chi connectivity index (χ0v) is 12.5. The lowest BCUT2D eigenvalue weighted by atomic mass is 10.0. The van der Waals surface area contributed by atoms with Gasteiger partial charge in [-0.05, 0) is 65.0 Å². The quantitative estimate of drug-likeness (QED) is 0.874. The number of hydrogen-bond donors (Lipinski definition) is 1. The van der Waals surface area contributed by atoms with Crippen LogP contribution in [0.25, 0.3) is 0 Å². The molecule has 1 unspecified atom stereocenters. The lowest BCUT2D eigenvalue weighted by molar-refractivity contribution is 0.558. The highest BCUT2D eigenvalue weighted by Crippen LogP contribution is 2.19. The molecule has 0 amide bonds. The Hall–Kier alpha value is -0.710. The summed E-state index contributed by atoms with van der Waals surface area (Å²) in [4.78, 5) is 1.37. The Balaban J connectivity index is 2.03. The van der Waals surface area contributed by atoms with Crippen LogP contribution in [0.1, 0.15) is 10.4 Å². The van der Waals surface area contributed by atoms with Crippen molar-refractivity contribution in [3.63, 3.8) is 0 Å². The molecule has 1 aromatic carbocycles. The Morgan fingerprint density at radius 3 is 2.78 bits per heavy atom. The zero-order valence-electron chi connectivity index (χ0n) is 10.1. The van der Waals surface area contributed by atoms with Crippen LogP contribution >= 0.6 is 27.3 Å². The first-order valence-electron chi connectivity index (χ1n) is 5.82. The average molecular weight is 328 g/mol. The number of hydrogen-bond acceptors (Lipinski definition) is 2. The fourth-order valence-corrected chi connectivity index (χ4v) is 3.11. The van der Waals surface area contributed by atoms with Gasteiger partial charge in [0.05, 0.1) is 4.47 Å². The monoisotopic (exact) mass is 327 g/mol. The summed E-state index contributed by atoms with van der Waals surface area (Å²) in [5, 5.41) is 5.41. The molecule has 0 saturated carbocycles. The van der Waals surface area contributed by atoms with Crippen LogP contribution in [-0.2, 0) is 12.8 Å². The number of likely N-dealkylation sites (N-methyl/N-ethyl adjacent to an activating group) is 1. The smallest absolute Gasteiger partial charge is 0.137 e. The Kier molecular flexibility index (Phi) is 4.92. The topological polar surface area (TPSA) is 12.0 Å². The van der Waals surface area contributed by atoms with E-state index in [0.29, 0.717) is 10.5 Å². The van der Waals surface area contributed by atoms with E-state index in [1.54, 1.807) is 11.3 Å². The van der Waals surface area contributed by atoms with Crippen molar-refractivity contribution < 1.29 is 4.39 Å². The fraction of sp³-hybridized carbons (Fsp3) is 0.286. The highest BCUT2D eigenvalue weighted by Gasteiger charge is 2.10. The van der Waals surface area contributed by atoms with Gasteiger partial charge in [-0.25, -0.2) is 4.39 Å². The number of thiophene rings is 1. The van der Waals surface area contributed by atoms with Crippen molar-refractivity contribution in [3.05, 3.63) is 56.4 Å². The van der Waals surface area contributed by atoms with Crippen LogP contribution in [0, 0.1) is 5.82 Å². The van der Waals surface area contributed by atoms with Gasteiger partial charge in [0.2, 0.25) is 0 Å². The first-order chi connectivity index (χ1) is 8.69. The molecule has 96 valence electrons. The normalized spacial score (nSPS) is 12.6. The van der Waals surface area contributed by atoms with Crippen molar-refractivity contribution in [2.75, 3.05) is 7.05 Å². The number of halogens is 2. The maximum atomic E-state index is 13.2. The fourth-order valence-electron chi connectivity index (χ4n) is 1.90. The molecule has 2 aromatic rings. The SMILES string of the molecule is CNC(Cc1ccc(F)c(Br)c1)Cc1cccs1. The second-order valence-electron chi connectivity index (χ2n) is 4.22. The molecule has 0 saturated heterocycles. The summed E-state index contributed by atoms with van der Waals surface area (Å²) in [5.74, 6) is -0.210. The summed E-state index contributed by atoms with van der Waals surface area (Å²) in [6.07, 6.45) is 1.90. The number of nitrogens with one attached hydrogen (secondary N) is 1. The van der Waals surface area contributed by atoms with Crippen LogP contribution in [0.3, 0.4) is 0 Å². The zero-order chi connectivity index (χ0) is 13.0. The molecule has 1 heterocycles. The summed E-state index contributed by atoms with van der Waals surface area (Å²) >= 11 is 5.00. The van der Waals surface area contributed by atoms with Crippen LogP contribution in [0.2, 0.25) is 0 Å². The van der Waals surface area contributed by atoms with E-state index < -0.39 is 0 Å². The van der Waals surface area contributed by atoms with Crippen LogP contribution in [0.5, 0.6) is 0 Å². The van der Waals surface area contributed by atoms with E-state index >= 15 is 0 Å². The Morgan fingerprint density at radius 2 is 2.17 bits per heavy atom. The third-order valence-corrected chi connectivity index (χ3v) is 4.41. The Morgan fingerprint density at radius 1 is 1.33 bits per heavy atom.